The molecule has 208 valence electrons. The maximum Gasteiger partial charge on any atom is 0.0355 e. The molecule has 44 heavy (non-hydrogen) atoms. The van der Waals surface area contributed by atoms with Crippen molar-refractivity contribution in [3.05, 3.63) is 168 Å². The van der Waals surface area contributed by atoms with Gasteiger partial charge in [0, 0.05) is 20.5 Å². The molecule has 0 spiro atoms. The number of thiophene rings is 1. The lowest BCUT2D eigenvalue weighted by Crippen LogP contribution is -1.91. The van der Waals surface area contributed by atoms with Crippen LogP contribution in [0.25, 0.3) is 77.2 Å². The Morgan fingerprint density at radius 3 is 1.82 bits per heavy atom. The van der Waals surface area contributed by atoms with E-state index in [-0.39, 0.29) is 0 Å². The fraction of sp³-hybridized carbons (Fsp3) is 0.0233. The molecule has 1 aliphatic carbocycles. The zero-order valence-electron chi connectivity index (χ0n) is 24.3. The Kier molecular flexibility index (Phi) is 6.67. The van der Waals surface area contributed by atoms with Gasteiger partial charge in [0.15, 0.2) is 0 Å². The Hall–Kier alpha value is -5.24. The molecule has 0 radical (unpaired) electrons. The van der Waals surface area contributed by atoms with Crippen LogP contribution in [0.1, 0.15) is 16.9 Å². The van der Waals surface area contributed by atoms with Gasteiger partial charge in [0.1, 0.15) is 0 Å². The maximum absolute atomic E-state index is 4.13. The Labute approximate surface area is 262 Å². The van der Waals surface area contributed by atoms with Crippen LogP contribution in [0.4, 0.5) is 0 Å². The number of hydrogen-bond donors (Lipinski definition) is 0. The van der Waals surface area contributed by atoms with Crippen LogP contribution in [0.15, 0.2) is 158 Å². The molecule has 1 aliphatic rings. The molecule has 0 saturated heterocycles. The molecule has 0 nitrogen and oxygen atoms in total. The highest BCUT2D eigenvalue weighted by atomic mass is 32.1. The molecular weight excluding hydrogens is 549 g/mol. The van der Waals surface area contributed by atoms with Crippen molar-refractivity contribution in [2.75, 3.05) is 0 Å². The predicted octanol–water partition coefficient (Wildman–Crippen LogP) is 12.8. The van der Waals surface area contributed by atoms with Crippen LogP contribution in [0, 0.1) is 0 Å². The van der Waals surface area contributed by atoms with Crippen molar-refractivity contribution in [1.82, 2.24) is 0 Å². The zero-order chi connectivity index (χ0) is 29.5. The minimum Gasteiger partial charge on any atom is -0.135 e. The van der Waals surface area contributed by atoms with Crippen molar-refractivity contribution in [3.8, 4) is 33.4 Å². The molecule has 6 aromatic carbocycles. The smallest absolute Gasteiger partial charge is 0.0355 e. The second-order valence-electron chi connectivity index (χ2n) is 11.3. The van der Waals surface area contributed by atoms with Crippen LogP contribution in [-0.2, 0) is 0 Å². The summed E-state index contributed by atoms with van der Waals surface area (Å²) < 4.78 is 1.29. The van der Waals surface area contributed by atoms with Gasteiger partial charge < -0.3 is 0 Å². The van der Waals surface area contributed by atoms with Gasteiger partial charge in [0.25, 0.3) is 0 Å². The highest BCUT2D eigenvalue weighted by molar-refractivity contribution is 7.20. The lowest BCUT2D eigenvalue weighted by molar-refractivity contribution is 1.28. The van der Waals surface area contributed by atoms with Gasteiger partial charge >= 0.3 is 0 Å². The van der Waals surface area contributed by atoms with Gasteiger partial charge in [-0.15, -0.1) is 11.3 Å². The van der Waals surface area contributed by atoms with E-state index in [9.17, 15) is 0 Å². The fourth-order valence-electron chi connectivity index (χ4n) is 6.65. The SMILES string of the molecule is C=Cc1sc2ccc(-c3cccc(-c4c5ccccc5c(-c5ccccc5)c5ccccc45)c3)cc2c1/C=C1/C=CC=CC1. The largest absolute Gasteiger partial charge is 0.135 e. The first-order valence-corrected chi connectivity index (χ1v) is 15.9. The summed E-state index contributed by atoms with van der Waals surface area (Å²) in [6.07, 6.45) is 13.9. The molecule has 1 aromatic heterocycles. The van der Waals surface area contributed by atoms with Crippen LogP contribution < -0.4 is 0 Å². The maximum atomic E-state index is 4.13. The molecular formula is C43H30S. The number of hydrogen-bond acceptors (Lipinski definition) is 1. The van der Waals surface area contributed by atoms with E-state index in [1.807, 2.05) is 17.4 Å². The second-order valence-corrected chi connectivity index (χ2v) is 12.4. The van der Waals surface area contributed by atoms with Crippen LogP contribution >= 0.6 is 11.3 Å². The molecule has 1 heteroatoms. The summed E-state index contributed by atoms with van der Waals surface area (Å²) in [4.78, 5) is 1.22. The quantitative estimate of drug-likeness (QED) is 0.178. The van der Waals surface area contributed by atoms with Gasteiger partial charge in [-0.25, -0.2) is 0 Å². The van der Waals surface area contributed by atoms with E-state index in [0.29, 0.717) is 0 Å². The van der Waals surface area contributed by atoms with Crippen LogP contribution in [0.3, 0.4) is 0 Å². The third-order valence-electron chi connectivity index (χ3n) is 8.66. The van der Waals surface area contributed by atoms with Crippen LogP contribution in [0.5, 0.6) is 0 Å². The van der Waals surface area contributed by atoms with Gasteiger partial charge in [-0.3, -0.25) is 0 Å². The van der Waals surface area contributed by atoms with Crippen molar-refractivity contribution in [3.63, 3.8) is 0 Å². The summed E-state index contributed by atoms with van der Waals surface area (Å²) in [6.45, 7) is 4.13. The third kappa shape index (κ3) is 4.54. The molecule has 0 fully saturated rings. The summed E-state index contributed by atoms with van der Waals surface area (Å²) in [6, 6.07) is 44.5. The summed E-state index contributed by atoms with van der Waals surface area (Å²) in [5, 5.41) is 6.38. The van der Waals surface area contributed by atoms with Gasteiger partial charge in [0.2, 0.25) is 0 Å². The van der Waals surface area contributed by atoms with Gasteiger partial charge in [0.05, 0.1) is 0 Å². The van der Waals surface area contributed by atoms with Crippen molar-refractivity contribution in [2.45, 2.75) is 6.42 Å². The molecule has 0 N–H and O–H groups in total. The van der Waals surface area contributed by atoms with Crippen molar-refractivity contribution >= 4 is 55.1 Å². The minimum absolute atomic E-state index is 0.955. The van der Waals surface area contributed by atoms with Crippen LogP contribution in [0.2, 0.25) is 0 Å². The Balaban J connectivity index is 1.32. The molecule has 0 aliphatic heterocycles. The lowest BCUT2D eigenvalue weighted by atomic mass is 9.85. The Morgan fingerprint density at radius 2 is 1.16 bits per heavy atom. The van der Waals surface area contributed by atoms with Gasteiger partial charge in [-0.05, 0) is 91.2 Å². The average molecular weight is 579 g/mol. The van der Waals surface area contributed by atoms with Crippen molar-refractivity contribution in [1.29, 1.82) is 0 Å². The number of benzene rings is 6. The topological polar surface area (TPSA) is 0 Å². The van der Waals surface area contributed by atoms with E-state index in [1.165, 1.54) is 81.0 Å². The summed E-state index contributed by atoms with van der Waals surface area (Å²) in [5.74, 6) is 0. The molecule has 0 amide bonds. The predicted molar refractivity (Wildman–Crippen MR) is 194 cm³/mol. The average Bonchev–Trinajstić information content (AvgIpc) is 3.44. The number of fused-ring (bicyclic) bond motifs is 3. The number of rotatable bonds is 5. The fourth-order valence-corrected chi connectivity index (χ4v) is 7.66. The molecule has 0 saturated carbocycles. The van der Waals surface area contributed by atoms with E-state index >= 15 is 0 Å². The molecule has 8 rings (SSSR count). The molecule has 0 atom stereocenters. The zero-order valence-corrected chi connectivity index (χ0v) is 25.2. The van der Waals surface area contributed by atoms with E-state index in [1.54, 1.807) is 0 Å². The Bertz CT molecular complexity index is 2250. The first-order valence-electron chi connectivity index (χ1n) is 15.1. The summed E-state index contributed by atoms with van der Waals surface area (Å²) >= 11 is 1.81. The monoisotopic (exact) mass is 578 g/mol. The first-order chi connectivity index (χ1) is 21.8. The third-order valence-corrected chi connectivity index (χ3v) is 9.84. The molecule has 7 aromatic rings. The van der Waals surface area contributed by atoms with E-state index in [2.05, 4.69) is 158 Å². The van der Waals surface area contributed by atoms with Crippen molar-refractivity contribution < 1.29 is 0 Å². The standard InChI is InChI=1S/C43H30S/c1-2-40-38(26-29-14-5-3-6-15-29)39-28-32(24-25-41(39)44-40)31-18-13-19-33(27-31)43-36-22-11-9-20-34(36)42(30-16-7-4-8-17-30)35-21-10-12-23-37(35)43/h2-14,16-28H,1,15H2/b29-26-. The highest BCUT2D eigenvalue weighted by Gasteiger charge is 2.17. The second kappa shape index (κ2) is 11.1. The molecule has 0 bridgehead atoms. The summed E-state index contributed by atoms with van der Waals surface area (Å²) in [7, 11) is 0. The number of allylic oxidation sites excluding steroid dienone is 5. The molecule has 1 heterocycles. The lowest BCUT2D eigenvalue weighted by Gasteiger charge is -2.18. The Morgan fingerprint density at radius 1 is 0.545 bits per heavy atom. The van der Waals surface area contributed by atoms with E-state index < -0.39 is 0 Å². The normalized spacial score (nSPS) is 13.8. The molecule has 0 unspecified atom stereocenters. The van der Waals surface area contributed by atoms with Crippen LogP contribution in [-0.4, -0.2) is 0 Å². The first kappa shape index (κ1) is 26.4. The van der Waals surface area contributed by atoms with E-state index in [4.69, 9.17) is 0 Å². The van der Waals surface area contributed by atoms with Gasteiger partial charge in [-0.1, -0.05) is 140 Å². The minimum atomic E-state index is 0.955. The summed E-state index contributed by atoms with van der Waals surface area (Å²) in [5.41, 5.74) is 10.1. The van der Waals surface area contributed by atoms with Crippen molar-refractivity contribution in [2.24, 2.45) is 0 Å². The van der Waals surface area contributed by atoms with Gasteiger partial charge in [-0.2, -0.15) is 0 Å². The highest BCUT2D eigenvalue weighted by Crippen LogP contribution is 2.44. The van der Waals surface area contributed by atoms with E-state index in [0.717, 1.165) is 6.42 Å².